The van der Waals surface area contributed by atoms with Gasteiger partial charge in [0.2, 0.25) is 9.84 Å². The molecule has 0 spiro atoms. The Labute approximate surface area is 261 Å². The monoisotopic (exact) mass is 618 g/mol. The number of carbonyl (C=O) groups excluding carboxylic acids is 1. The third kappa shape index (κ3) is 16.4. The van der Waals surface area contributed by atoms with Gasteiger partial charge in [0.25, 0.3) is 5.16 Å². The van der Waals surface area contributed by atoms with Crippen molar-refractivity contribution in [3.8, 4) is 5.69 Å². The van der Waals surface area contributed by atoms with Crippen LogP contribution in [0.1, 0.15) is 149 Å². The highest BCUT2D eigenvalue weighted by atomic mass is 32.2. The Morgan fingerprint density at radius 1 is 0.674 bits per heavy atom. The molecule has 1 aromatic heterocycles. The number of unbranched alkanes of at least 4 members (excludes halogenated alkanes) is 19. The zero-order valence-corrected chi connectivity index (χ0v) is 28.1. The first-order valence-corrected chi connectivity index (χ1v) is 18.6. The fraction of sp³-hybridized carbons (Fsp3) is 0.765. The minimum atomic E-state index is -3.51. The average Bonchev–Trinajstić information content (AvgIpc) is 3.49. The van der Waals surface area contributed by atoms with Crippen LogP contribution in [-0.2, 0) is 19.4 Å². The van der Waals surface area contributed by atoms with E-state index in [2.05, 4.69) is 15.5 Å². The van der Waals surface area contributed by atoms with E-state index >= 15 is 0 Å². The van der Waals surface area contributed by atoms with Gasteiger partial charge in [-0.25, -0.2) is 8.42 Å². The van der Waals surface area contributed by atoms with Crippen molar-refractivity contribution in [2.24, 2.45) is 5.41 Å². The van der Waals surface area contributed by atoms with E-state index in [1.807, 2.05) is 39.0 Å². The van der Waals surface area contributed by atoms with Gasteiger partial charge in [0.1, 0.15) is 0 Å². The van der Waals surface area contributed by atoms with Gasteiger partial charge in [0.05, 0.1) is 23.5 Å². The molecular formula is C34H58N4O4S. The molecule has 0 aliphatic rings. The Bertz CT molecular complexity index is 1100. The second-order valence-electron chi connectivity index (χ2n) is 13.0. The molecule has 0 N–H and O–H groups in total. The van der Waals surface area contributed by atoms with E-state index < -0.39 is 15.3 Å². The van der Waals surface area contributed by atoms with Gasteiger partial charge in [-0.15, -0.1) is 0 Å². The standard InChI is InChI=1S/C34H58N4O4S/c1-34(2,3)32(39)42-29-25-20-18-16-14-12-10-8-6-4-5-7-9-11-13-15-17-19-21-26-30-43(40,41)33-35-36-37-38(33)31-27-23-22-24-28-31/h22-24,27-28H,4-21,25-26,29-30H2,1-3H3. The summed E-state index contributed by atoms with van der Waals surface area (Å²) in [6, 6.07) is 9.13. The van der Waals surface area contributed by atoms with Gasteiger partial charge in [-0.2, -0.15) is 4.68 Å². The van der Waals surface area contributed by atoms with Crippen LogP contribution in [0.15, 0.2) is 35.5 Å². The first kappa shape index (κ1) is 36.9. The SMILES string of the molecule is CC(C)(C)C(=O)OCCCCCCCCCCCCCCCCCCCCCCS(=O)(=O)c1nnnn1-c1ccccc1. The second kappa shape index (κ2) is 21.4. The zero-order chi connectivity index (χ0) is 31.2. The van der Waals surface area contributed by atoms with Gasteiger partial charge in [-0.3, -0.25) is 4.79 Å². The quantitative estimate of drug-likeness (QED) is 0.0809. The van der Waals surface area contributed by atoms with Crippen LogP contribution in [0.4, 0.5) is 0 Å². The molecule has 43 heavy (non-hydrogen) atoms. The highest BCUT2D eigenvalue weighted by molar-refractivity contribution is 7.91. The summed E-state index contributed by atoms with van der Waals surface area (Å²) in [5, 5.41) is 11.2. The molecule has 9 heteroatoms. The van der Waals surface area contributed by atoms with Gasteiger partial charge < -0.3 is 4.74 Å². The van der Waals surface area contributed by atoms with Crippen molar-refractivity contribution in [2.45, 2.75) is 154 Å². The predicted molar refractivity (Wildman–Crippen MR) is 174 cm³/mol. The van der Waals surface area contributed by atoms with Crippen LogP contribution in [0, 0.1) is 5.41 Å². The van der Waals surface area contributed by atoms with E-state index in [0.29, 0.717) is 18.7 Å². The lowest BCUT2D eigenvalue weighted by Crippen LogP contribution is -2.23. The molecule has 1 aromatic carbocycles. The molecule has 0 amide bonds. The van der Waals surface area contributed by atoms with Crippen LogP contribution >= 0.6 is 0 Å². The molecule has 0 saturated carbocycles. The van der Waals surface area contributed by atoms with Gasteiger partial charge >= 0.3 is 5.97 Å². The highest BCUT2D eigenvalue weighted by Gasteiger charge is 2.23. The molecule has 1 heterocycles. The molecule has 0 aliphatic carbocycles. The number of aromatic nitrogens is 4. The van der Waals surface area contributed by atoms with Crippen LogP contribution in [-0.4, -0.2) is 47.0 Å². The molecule has 0 fully saturated rings. The summed E-state index contributed by atoms with van der Waals surface area (Å²) in [5.74, 6) is -0.0123. The van der Waals surface area contributed by atoms with E-state index in [4.69, 9.17) is 4.74 Å². The maximum absolute atomic E-state index is 12.8. The highest BCUT2D eigenvalue weighted by Crippen LogP contribution is 2.18. The summed E-state index contributed by atoms with van der Waals surface area (Å²) < 4.78 is 32.1. The molecule has 0 bridgehead atoms. The third-order valence-corrected chi connectivity index (χ3v) is 9.51. The molecule has 0 radical (unpaired) electrons. The fourth-order valence-corrected chi connectivity index (χ4v) is 6.49. The Morgan fingerprint density at radius 2 is 1.09 bits per heavy atom. The van der Waals surface area contributed by atoms with Gasteiger partial charge in [0, 0.05) is 0 Å². The minimum Gasteiger partial charge on any atom is -0.465 e. The summed E-state index contributed by atoms with van der Waals surface area (Å²) in [5.41, 5.74) is 0.254. The zero-order valence-electron chi connectivity index (χ0n) is 27.3. The number of rotatable bonds is 25. The third-order valence-electron chi connectivity index (χ3n) is 7.87. The van der Waals surface area contributed by atoms with Crippen LogP contribution in [0.25, 0.3) is 5.69 Å². The predicted octanol–water partition coefficient (Wildman–Crippen LogP) is 8.83. The van der Waals surface area contributed by atoms with Crippen molar-refractivity contribution in [2.75, 3.05) is 12.4 Å². The normalized spacial score (nSPS) is 12.1. The Balaban J connectivity index is 1.31. The van der Waals surface area contributed by atoms with Crippen molar-refractivity contribution >= 4 is 15.8 Å². The fourth-order valence-electron chi connectivity index (χ4n) is 5.15. The van der Waals surface area contributed by atoms with E-state index in [9.17, 15) is 13.2 Å². The number of nitrogens with zero attached hydrogens (tertiary/aromatic N) is 4. The molecule has 2 aromatic rings. The van der Waals surface area contributed by atoms with Gasteiger partial charge in [0.15, 0.2) is 0 Å². The van der Waals surface area contributed by atoms with Gasteiger partial charge in [-0.1, -0.05) is 139 Å². The summed E-state index contributed by atoms with van der Waals surface area (Å²) in [4.78, 5) is 11.7. The lowest BCUT2D eigenvalue weighted by atomic mass is 9.97. The Kier molecular flexibility index (Phi) is 18.4. The number of para-hydroxylation sites is 1. The lowest BCUT2D eigenvalue weighted by molar-refractivity contribution is -0.153. The van der Waals surface area contributed by atoms with Crippen LogP contribution in [0.2, 0.25) is 0 Å². The maximum Gasteiger partial charge on any atom is 0.311 e. The molecule has 0 atom stereocenters. The summed E-state index contributed by atoms with van der Waals surface area (Å²) >= 11 is 0. The molecule has 0 aliphatic heterocycles. The number of hydrogen-bond donors (Lipinski definition) is 0. The Hall–Kier alpha value is -2.29. The number of esters is 1. The van der Waals surface area contributed by atoms with Crippen molar-refractivity contribution in [1.29, 1.82) is 0 Å². The topological polar surface area (TPSA) is 104 Å². The van der Waals surface area contributed by atoms with Crippen molar-refractivity contribution < 1.29 is 17.9 Å². The second-order valence-corrected chi connectivity index (χ2v) is 15.0. The number of benzene rings is 1. The molecule has 8 nitrogen and oxygen atoms in total. The summed E-state index contributed by atoms with van der Waals surface area (Å²) in [7, 11) is -3.51. The molecule has 0 saturated heterocycles. The van der Waals surface area contributed by atoms with Crippen molar-refractivity contribution in [3.63, 3.8) is 0 Å². The lowest BCUT2D eigenvalue weighted by Gasteiger charge is -2.16. The van der Waals surface area contributed by atoms with E-state index in [1.165, 1.54) is 101 Å². The molecule has 244 valence electrons. The molecule has 0 unspecified atom stereocenters. The number of sulfone groups is 1. The first-order chi connectivity index (χ1) is 20.7. The number of hydrogen-bond acceptors (Lipinski definition) is 7. The maximum atomic E-state index is 12.8. The van der Waals surface area contributed by atoms with Crippen molar-refractivity contribution in [3.05, 3.63) is 30.3 Å². The Morgan fingerprint density at radius 3 is 1.53 bits per heavy atom. The van der Waals surface area contributed by atoms with E-state index in [-0.39, 0.29) is 16.9 Å². The van der Waals surface area contributed by atoms with Gasteiger partial charge in [-0.05, 0) is 56.2 Å². The summed E-state index contributed by atoms with van der Waals surface area (Å²) in [6.07, 6.45) is 24.5. The number of carbonyl (C=O) groups is 1. The number of ether oxygens (including phenoxy) is 1. The first-order valence-electron chi connectivity index (χ1n) is 17.0. The smallest absolute Gasteiger partial charge is 0.311 e. The van der Waals surface area contributed by atoms with E-state index in [0.717, 1.165) is 25.7 Å². The van der Waals surface area contributed by atoms with Crippen LogP contribution < -0.4 is 0 Å². The number of tetrazole rings is 1. The van der Waals surface area contributed by atoms with Crippen molar-refractivity contribution in [1.82, 2.24) is 20.2 Å². The minimum absolute atomic E-state index is 0.0735. The largest absolute Gasteiger partial charge is 0.465 e. The summed E-state index contributed by atoms with van der Waals surface area (Å²) in [6.45, 7) is 6.25. The molecule has 2 rings (SSSR count). The van der Waals surface area contributed by atoms with E-state index in [1.54, 1.807) is 12.1 Å². The average molecular weight is 619 g/mol. The molecular weight excluding hydrogens is 560 g/mol. The van der Waals surface area contributed by atoms with Crippen LogP contribution in [0.3, 0.4) is 0 Å². The van der Waals surface area contributed by atoms with Crippen LogP contribution in [0.5, 0.6) is 0 Å².